The van der Waals surface area contributed by atoms with Crippen LogP contribution in [0.15, 0.2) is 0 Å². The fourth-order valence-corrected chi connectivity index (χ4v) is 4.47. The number of nitrogens with two attached hydrogens (primary N) is 1. The predicted molar refractivity (Wildman–Crippen MR) is 93.1 cm³/mol. The van der Waals surface area contributed by atoms with E-state index in [1.165, 1.54) is 16.2 Å². The van der Waals surface area contributed by atoms with Gasteiger partial charge in [0.25, 0.3) is 5.91 Å². The quantitative estimate of drug-likeness (QED) is 0.852. The van der Waals surface area contributed by atoms with Crippen LogP contribution in [0.3, 0.4) is 0 Å². The fraction of sp³-hybridized carbons (Fsp3) is 0.647. The lowest BCUT2D eigenvalue weighted by Crippen LogP contribution is -2.29. The zero-order valence-electron chi connectivity index (χ0n) is 14.3. The lowest BCUT2D eigenvalue weighted by Gasteiger charge is -2.36. The van der Waals surface area contributed by atoms with Gasteiger partial charge in [-0.25, -0.2) is 4.79 Å². The molecule has 3 N–H and O–H groups in total. The third kappa shape index (κ3) is 3.68. The molecule has 1 aromatic heterocycles. The predicted octanol–water partition coefficient (Wildman–Crippen LogP) is 3.96. The molecule has 0 saturated heterocycles. The molecule has 2 rings (SSSR count). The van der Waals surface area contributed by atoms with Crippen LogP contribution in [0, 0.1) is 11.3 Å². The van der Waals surface area contributed by atoms with Crippen molar-refractivity contribution in [3.63, 3.8) is 0 Å². The highest BCUT2D eigenvalue weighted by atomic mass is 32.1. The van der Waals surface area contributed by atoms with Gasteiger partial charge < -0.3 is 10.5 Å². The third-order valence-corrected chi connectivity index (χ3v) is 6.19. The summed E-state index contributed by atoms with van der Waals surface area (Å²) in [6, 6.07) is 0. The second kappa shape index (κ2) is 6.91. The summed E-state index contributed by atoms with van der Waals surface area (Å²) in [5.74, 6) is 0.0947. The third-order valence-electron chi connectivity index (χ3n) is 5.02. The van der Waals surface area contributed by atoms with E-state index >= 15 is 0 Å². The van der Waals surface area contributed by atoms with Crippen molar-refractivity contribution in [1.29, 1.82) is 0 Å². The standard InChI is InChI=1S/C17H26N2O3S/c1-5-17(3,4)10-7-8-11-12(9-10)23-15(13(11)14(18)20)19-16(21)22-6-2/h10H,5-9H2,1-4H3,(H2,18,20)(H,19,21). The zero-order chi connectivity index (χ0) is 17.2. The molecule has 6 heteroatoms. The Bertz CT molecular complexity index is 607. The lowest BCUT2D eigenvalue weighted by atomic mass is 9.69. The second-order valence-corrected chi connectivity index (χ2v) is 7.80. The number of amides is 2. The van der Waals surface area contributed by atoms with Crippen molar-refractivity contribution in [3.05, 3.63) is 16.0 Å². The molecule has 1 aromatic rings. The molecule has 128 valence electrons. The Morgan fingerprint density at radius 3 is 2.65 bits per heavy atom. The Hall–Kier alpha value is -1.56. The molecule has 0 bridgehead atoms. The van der Waals surface area contributed by atoms with Crippen molar-refractivity contribution in [2.24, 2.45) is 17.1 Å². The molecule has 5 nitrogen and oxygen atoms in total. The molecule has 0 radical (unpaired) electrons. The summed E-state index contributed by atoms with van der Waals surface area (Å²) >= 11 is 1.46. The van der Waals surface area contributed by atoms with Gasteiger partial charge in [-0.3, -0.25) is 10.1 Å². The molecule has 0 saturated carbocycles. The largest absolute Gasteiger partial charge is 0.450 e. The van der Waals surface area contributed by atoms with Crippen LogP contribution < -0.4 is 11.1 Å². The smallest absolute Gasteiger partial charge is 0.412 e. The first-order valence-corrected chi connectivity index (χ1v) is 8.99. The van der Waals surface area contributed by atoms with Gasteiger partial charge in [0.2, 0.25) is 0 Å². The fourth-order valence-electron chi connectivity index (χ4n) is 3.15. The molecule has 0 spiro atoms. The Morgan fingerprint density at radius 1 is 1.39 bits per heavy atom. The van der Waals surface area contributed by atoms with Crippen molar-refractivity contribution in [2.45, 2.75) is 53.4 Å². The van der Waals surface area contributed by atoms with Crippen LogP contribution in [0.5, 0.6) is 0 Å². The van der Waals surface area contributed by atoms with Crippen molar-refractivity contribution in [2.75, 3.05) is 11.9 Å². The van der Waals surface area contributed by atoms with Crippen LogP contribution >= 0.6 is 11.3 Å². The Labute approximate surface area is 141 Å². The summed E-state index contributed by atoms with van der Waals surface area (Å²) in [6.45, 7) is 8.83. The molecular weight excluding hydrogens is 312 g/mol. The SMILES string of the molecule is CCOC(=O)Nc1sc2c(c1C(N)=O)CCC(C(C)(C)CC)C2. The topological polar surface area (TPSA) is 81.4 Å². The van der Waals surface area contributed by atoms with Crippen LogP contribution in [0.25, 0.3) is 0 Å². The molecule has 1 aliphatic rings. The van der Waals surface area contributed by atoms with Crippen molar-refractivity contribution >= 4 is 28.3 Å². The zero-order valence-corrected chi connectivity index (χ0v) is 15.1. The number of ether oxygens (including phenoxy) is 1. The summed E-state index contributed by atoms with van der Waals surface area (Å²) in [7, 11) is 0. The average molecular weight is 338 g/mol. The number of thiophene rings is 1. The normalized spacial score (nSPS) is 17.5. The minimum absolute atomic E-state index is 0.267. The van der Waals surface area contributed by atoms with E-state index in [4.69, 9.17) is 10.5 Å². The molecule has 0 aliphatic heterocycles. The van der Waals surface area contributed by atoms with Crippen LogP contribution in [0.2, 0.25) is 0 Å². The summed E-state index contributed by atoms with van der Waals surface area (Å²) in [5.41, 5.74) is 7.30. The Kier molecular flexibility index (Phi) is 5.34. The number of carbonyl (C=O) groups is 2. The van der Waals surface area contributed by atoms with Gasteiger partial charge in [-0.05, 0) is 43.1 Å². The van der Waals surface area contributed by atoms with Gasteiger partial charge in [0, 0.05) is 4.88 Å². The van der Waals surface area contributed by atoms with Gasteiger partial charge in [0.15, 0.2) is 0 Å². The maximum absolute atomic E-state index is 11.9. The van der Waals surface area contributed by atoms with Crippen LogP contribution in [0.4, 0.5) is 9.80 Å². The molecule has 0 fully saturated rings. The summed E-state index contributed by atoms with van der Waals surface area (Å²) < 4.78 is 4.91. The van der Waals surface area contributed by atoms with E-state index in [9.17, 15) is 9.59 Å². The number of hydrogen-bond acceptors (Lipinski definition) is 4. The van der Waals surface area contributed by atoms with E-state index in [1.807, 2.05) is 0 Å². The van der Waals surface area contributed by atoms with E-state index in [0.717, 1.165) is 31.2 Å². The Morgan fingerprint density at radius 2 is 2.09 bits per heavy atom. The van der Waals surface area contributed by atoms with Gasteiger partial charge in [0.05, 0.1) is 12.2 Å². The summed E-state index contributed by atoms with van der Waals surface area (Å²) in [6.07, 6.45) is 3.39. The van der Waals surface area contributed by atoms with Gasteiger partial charge in [-0.1, -0.05) is 27.2 Å². The summed E-state index contributed by atoms with van der Waals surface area (Å²) in [5, 5.41) is 3.20. The monoisotopic (exact) mass is 338 g/mol. The number of nitrogens with one attached hydrogen (secondary N) is 1. The highest BCUT2D eigenvalue weighted by Gasteiger charge is 2.35. The molecule has 23 heavy (non-hydrogen) atoms. The molecular formula is C17H26N2O3S. The van der Waals surface area contributed by atoms with Crippen molar-refractivity contribution in [3.8, 4) is 0 Å². The second-order valence-electron chi connectivity index (χ2n) is 6.70. The van der Waals surface area contributed by atoms with Gasteiger partial charge in [0.1, 0.15) is 5.00 Å². The van der Waals surface area contributed by atoms with Crippen molar-refractivity contribution in [1.82, 2.24) is 0 Å². The van der Waals surface area contributed by atoms with E-state index in [1.54, 1.807) is 6.92 Å². The van der Waals surface area contributed by atoms with E-state index < -0.39 is 12.0 Å². The average Bonchev–Trinajstić information content (AvgIpc) is 2.84. The molecule has 1 atom stereocenters. The van der Waals surface area contributed by atoms with E-state index in [-0.39, 0.29) is 12.0 Å². The first-order chi connectivity index (χ1) is 10.8. The maximum Gasteiger partial charge on any atom is 0.412 e. The highest BCUT2D eigenvalue weighted by Crippen LogP contribution is 2.45. The summed E-state index contributed by atoms with van der Waals surface area (Å²) in [4.78, 5) is 24.7. The first kappa shape index (κ1) is 17.8. The van der Waals surface area contributed by atoms with Crippen LogP contribution in [-0.4, -0.2) is 18.6 Å². The highest BCUT2D eigenvalue weighted by molar-refractivity contribution is 7.17. The number of fused-ring (bicyclic) bond motifs is 1. The lowest BCUT2D eigenvalue weighted by molar-refractivity contribution is 0.1000. The maximum atomic E-state index is 11.9. The van der Waals surface area contributed by atoms with Gasteiger partial charge >= 0.3 is 6.09 Å². The first-order valence-electron chi connectivity index (χ1n) is 8.18. The number of primary amides is 1. The Balaban J connectivity index is 2.31. The molecule has 1 heterocycles. The molecule has 1 aliphatic carbocycles. The van der Waals surface area contributed by atoms with E-state index in [2.05, 4.69) is 26.1 Å². The molecule has 1 unspecified atom stereocenters. The van der Waals surface area contributed by atoms with Gasteiger partial charge in [-0.2, -0.15) is 0 Å². The number of carbonyl (C=O) groups excluding carboxylic acids is 2. The minimum atomic E-state index is -0.543. The van der Waals surface area contributed by atoms with Crippen LogP contribution in [-0.2, 0) is 17.6 Å². The van der Waals surface area contributed by atoms with Gasteiger partial charge in [-0.15, -0.1) is 11.3 Å². The molecule has 0 aromatic carbocycles. The number of rotatable bonds is 5. The van der Waals surface area contributed by atoms with E-state index in [0.29, 0.717) is 16.5 Å². The van der Waals surface area contributed by atoms with Crippen LogP contribution in [0.1, 0.15) is 61.3 Å². The number of hydrogen-bond donors (Lipinski definition) is 2. The minimum Gasteiger partial charge on any atom is -0.450 e. The number of anilines is 1. The molecule has 2 amide bonds. The van der Waals surface area contributed by atoms with Crippen molar-refractivity contribution < 1.29 is 14.3 Å².